The molecule has 1 saturated heterocycles. The molecule has 234 valence electrons. The Hall–Kier alpha value is -5.07. The Labute approximate surface area is 259 Å². The molecule has 0 saturated carbocycles. The maximum atomic E-state index is 15.2. The first-order valence-corrected chi connectivity index (χ1v) is 14.3. The molecule has 3 N–H and O–H groups in total. The van der Waals surface area contributed by atoms with Crippen LogP contribution in [0, 0.1) is 11.6 Å². The van der Waals surface area contributed by atoms with Gasteiger partial charge in [0.15, 0.2) is 35.3 Å². The monoisotopic (exact) mass is 617 g/mol. The van der Waals surface area contributed by atoms with Crippen molar-refractivity contribution in [3.05, 3.63) is 90.3 Å². The van der Waals surface area contributed by atoms with Crippen molar-refractivity contribution in [3.63, 3.8) is 0 Å². The van der Waals surface area contributed by atoms with Crippen molar-refractivity contribution in [1.29, 1.82) is 0 Å². The number of halogens is 2. The van der Waals surface area contributed by atoms with Crippen molar-refractivity contribution in [2.24, 2.45) is 10.7 Å². The Morgan fingerprint density at radius 2 is 1.84 bits per heavy atom. The number of nitrogens with zero attached hydrogens (tertiary/aromatic N) is 3. The molecule has 0 radical (unpaired) electrons. The molecular weight excluding hydrogens is 584 g/mol. The number of methoxy groups -OCH3 is 1. The molecule has 12 heteroatoms. The summed E-state index contributed by atoms with van der Waals surface area (Å²) in [5.74, 6) is 0.227. The smallest absolute Gasteiger partial charge is 0.197 e. The van der Waals surface area contributed by atoms with Gasteiger partial charge in [-0.3, -0.25) is 14.7 Å². The van der Waals surface area contributed by atoms with Gasteiger partial charge in [0, 0.05) is 54.7 Å². The fourth-order valence-corrected chi connectivity index (χ4v) is 4.69. The zero-order valence-electron chi connectivity index (χ0n) is 24.7. The molecule has 1 aliphatic heterocycles. The lowest BCUT2D eigenvalue weighted by molar-refractivity contribution is -0.103. The predicted octanol–water partition coefficient (Wildman–Crippen LogP) is 5.38. The first-order chi connectivity index (χ1) is 21.9. The number of nitrogens with one attached hydrogen (secondary N) is 1. The molecular formula is C33H33F2N5O5. The first kappa shape index (κ1) is 31.4. The molecule has 0 amide bonds. The molecule has 0 bridgehead atoms. The van der Waals surface area contributed by atoms with Crippen LogP contribution in [0.3, 0.4) is 0 Å². The molecule has 10 nitrogen and oxygen atoms in total. The lowest BCUT2D eigenvalue weighted by Gasteiger charge is -2.26. The number of rotatable bonds is 12. The summed E-state index contributed by atoms with van der Waals surface area (Å²) in [6, 6.07) is 14.8. The number of allylic oxidation sites excluding steroid dienone is 1. The molecule has 1 aliphatic rings. The van der Waals surface area contributed by atoms with Gasteiger partial charge in [-0.1, -0.05) is 6.07 Å². The number of morpholine rings is 1. The van der Waals surface area contributed by atoms with Gasteiger partial charge in [0.2, 0.25) is 0 Å². The summed E-state index contributed by atoms with van der Waals surface area (Å²) in [6.07, 6.45) is 4.16. The van der Waals surface area contributed by atoms with E-state index < -0.39 is 11.6 Å². The van der Waals surface area contributed by atoms with E-state index in [-0.39, 0.29) is 22.8 Å². The van der Waals surface area contributed by atoms with E-state index in [0.717, 1.165) is 39.3 Å². The number of anilines is 1. The van der Waals surface area contributed by atoms with Crippen LogP contribution in [0.15, 0.2) is 78.1 Å². The second kappa shape index (κ2) is 15.1. The third kappa shape index (κ3) is 8.31. The molecule has 0 spiro atoms. The first-order valence-electron chi connectivity index (χ1n) is 14.3. The second-order valence-electron chi connectivity index (χ2n) is 10.1. The average Bonchev–Trinajstić information content (AvgIpc) is 3.06. The van der Waals surface area contributed by atoms with Crippen LogP contribution in [0.1, 0.15) is 12.0 Å². The number of guanidine groups is 1. The summed E-state index contributed by atoms with van der Waals surface area (Å²) in [7, 11) is 1.55. The number of carbonyl (C=O) groups is 1. The van der Waals surface area contributed by atoms with E-state index in [1.807, 2.05) is 0 Å². The Morgan fingerprint density at radius 1 is 1.04 bits per heavy atom. The van der Waals surface area contributed by atoms with Crippen LogP contribution in [0.2, 0.25) is 0 Å². The predicted molar refractivity (Wildman–Crippen MR) is 168 cm³/mol. The molecule has 0 unspecified atom stereocenters. The van der Waals surface area contributed by atoms with Crippen molar-refractivity contribution >= 4 is 34.4 Å². The molecule has 3 aromatic carbocycles. The van der Waals surface area contributed by atoms with E-state index in [2.05, 4.69) is 20.2 Å². The third-order valence-electron chi connectivity index (χ3n) is 7.04. The minimum atomic E-state index is -0.696. The van der Waals surface area contributed by atoms with Crippen LogP contribution in [-0.4, -0.2) is 68.7 Å². The minimum absolute atomic E-state index is 0.0390. The van der Waals surface area contributed by atoms with E-state index in [9.17, 15) is 9.18 Å². The number of benzene rings is 3. The highest BCUT2D eigenvalue weighted by Gasteiger charge is 2.15. The van der Waals surface area contributed by atoms with Crippen LogP contribution in [0.25, 0.3) is 16.5 Å². The number of nitrogens with two attached hydrogens (primary N) is 1. The Morgan fingerprint density at radius 3 is 2.58 bits per heavy atom. The van der Waals surface area contributed by atoms with Gasteiger partial charge in [0.1, 0.15) is 11.6 Å². The highest BCUT2D eigenvalue weighted by molar-refractivity contribution is 6.07. The Balaban J connectivity index is 1.28. The van der Waals surface area contributed by atoms with Crippen LogP contribution >= 0.6 is 0 Å². The van der Waals surface area contributed by atoms with Crippen molar-refractivity contribution in [3.8, 4) is 23.0 Å². The zero-order valence-corrected chi connectivity index (χ0v) is 24.7. The number of carbonyl (C=O) groups excluding carboxylic acids is 1. The summed E-state index contributed by atoms with van der Waals surface area (Å²) in [6.45, 7) is 4.78. The topological polar surface area (TPSA) is 121 Å². The summed E-state index contributed by atoms with van der Waals surface area (Å²) in [5.41, 5.74) is 7.31. The standard InChI is InChI=1S/C33H33F2N5O5/c1-42-31-18-26-28(19-32(31)44-14-2-11-40-12-15-43-16-13-40)37-10-9-29(26)45-30-8-3-22(17-27(30)35)23(21-41)20-38-33(36)39-25-6-4-24(34)5-7-25/h3-10,17-21H,2,11-16H2,1H3,(H3,36,38,39)/b23-20+. The number of ether oxygens (including phenoxy) is 4. The normalized spacial score (nSPS) is 14.3. The molecule has 5 rings (SSSR count). The Kier molecular flexibility index (Phi) is 10.5. The van der Waals surface area contributed by atoms with Gasteiger partial charge in [-0.2, -0.15) is 0 Å². The number of hydrogen-bond donors (Lipinski definition) is 2. The maximum absolute atomic E-state index is 15.2. The molecule has 0 aliphatic carbocycles. The van der Waals surface area contributed by atoms with Gasteiger partial charge in [0.25, 0.3) is 0 Å². The highest BCUT2D eigenvalue weighted by atomic mass is 19.1. The maximum Gasteiger partial charge on any atom is 0.197 e. The van der Waals surface area contributed by atoms with Crippen LogP contribution in [0.4, 0.5) is 14.5 Å². The van der Waals surface area contributed by atoms with E-state index in [1.165, 1.54) is 48.7 Å². The molecule has 4 aromatic rings. The number of aliphatic imine (C=N–C) groups is 1. The summed E-state index contributed by atoms with van der Waals surface area (Å²) in [4.78, 5) is 22.6. The van der Waals surface area contributed by atoms with Crippen LogP contribution < -0.4 is 25.3 Å². The summed E-state index contributed by atoms with van der Waals surface area (Å²) < 4.78 is 51.3. The van der Waals surface area contributed by atoms with Crippen LogP contribution in [0.5, 0.6) is 23.0 Å². The molecule has 1 aromatic heterocycles. The van der Waals surface area contributed by atoms with Gasteiger partial charge in [-0.15, -0.1) is 0 Å². The second-order valence-corrected chi connectivity index (χ2v) is 10.1. The van der Waals surface area contributed by atoms with E-state index in [4.69, 9.17) is 24.7 Å². The zero-order chi connectivity index (χ0) is 31.6. The van der Waals surface area contributed by atoms with Gasteiger partial charge in [-0.25, -0.2) is 13.8 Å². The highest BCUT2D eigenvalue weighted by Crippen LogP contribution is 2.38. The van der Waals surface area contributed by atoms with Gasteiger partial charge in [-0.05, 0) is 60.5 Å². The molecule has 0 atom stereocenters. The number of pyridine rings is 1. The fraction of sp³-hybridized carbons (Fsp3) is 0.242. The van der Waals surface area contributed by atoms with E-state index in [0.29, 0.717) is 46.7 Å². The SMILES string of the molecule is COc1cc2c(Oc3ccc(/C(C=O)=C/N=C(N)Nc4ccc(F)cc4)cc3F)ccnc2cc1OCCCN1CCOCC1. The number of aromatic nitrogens is 1. The van der Waals surface area contributed by atoms with Crippen molar-refractivity contribution in [2.75, 3.05) is 51.9 Å². The van der Waals surface area contributed by atoms with Crippen LogP contribution in [-0.2, 0) is 9.53 Å². The van der Waals surface area contributed by atoms with Crippen molar-refractivity contribution in [1.82, 2.24) is 9.88 Å². The number of fused-ring (bicyclic) bond motifs is 1. The molecule has 45 heavy (non-hydrogen) atoms. The third-order valence-corrected chi connectivity index (χ3v) is 7.04. The molecule has 2 heterocycles. The quantitative estimate of drug-likeness (QED) is 0.0710. The molecule has 1 fully saturated rings. The Bertz CT molecular complexity index is 1690. The largest absolute Gasteiger partial charge is 0.493 e. The van der Waals surface area contributed by atoms with Crippen molar-refractivity contribution in [2.45, 2.75) is 6.42 Å². The summed E-state index contributed by atoms with van der Waals surface area (Å²) >= 11 is 0. The summed E-state index contributed by atoms with van der Waals surface area (Å²) in [5, 5.41) is 3.38. The fourth-order valence-electron chi connectivity index (χ4n) is 4.69. The van der Waals surface area contributed by atoms with Gasteiger partial charge in [0.05, 0.1) is 32.4 Å². The number of aldehydes is 1. The lowest BCUT2D eigenvalue weighted by atomic mass is 10.1. The lowest BCUT2D eigenvalue weighted by Crippen LogP contribution is -2.37. The van der Waals surface area contributed by atoms with E-state index in [1.54, 1.807) is 31.5 Å². The van der Waals surface area contributed by atoms with E-state index >= 15 is 4.39 Å². The minimum Gasteiger partial charge on any atom is -0.493 e. The van der Waals surface area contributed by atoms with Gasteiger partial charge >= 0.3 is 0 Å². The number of hydrogen-bond acceptors (Lipinski definition) is 8. The average molecular weight is 618 g/mol. The van der Waals surface area contributed by atoms with Crippen molar-refractivity contribution < 1.29 is 32.5 Å². The van der Waals surface area contributed by atoms with Gasteiger partial charge < -0.3 is 30.0 Å².